The van der Waals surface area contributed by atoms with Crippen molar-refractivity contribution < 1.29 is 4.74 Å². The van der Waals surface area contributed by atoms with Crippen LogP contribution in [0.25, 0.3) is 0 Å². The van der Waals surface area contributed by atoms with Crippen LogP contribution in [0.5, 0.6) is 5.75 Å². The molecule has 72 valence electrons. The fraction of sp³-hybridized carbons (Fsp3) is 0.250. The second-order valence-electron chi connectivity index (χ2n) is 3.25. The molecular formula is C12H13NO. The number of ether oxygens (including phenoxy) is 1. The van der Waals surface area contributed by atoms with Gasteiger partial charge in [-0.3, -0.25) is 0 Å². The summed E-state index contributed by atoms with van der Waals surface area (Å²) >= 11 is 0. The largest absolute Gasteiger partial charge is 0.472 e. The van der Waals surface area contributed by atoms with Gasteiger partial charge in [-0.15, -0.1) is 6.58 Å². The highest BCUT2D eigenvalue weighted by molar-refractivity contribution is 5.23. The summed E-state index contributed by atoms with van der Waals surface area (Å²) in [6.07, 6.45) is 2.20. The molecule has 14 heavy (non-hydrogen) atoms. The quantitative estimate of drug-likeness (QED) is 0.679. The van der Waals surface area contributed by atoms with Crippen LogP contribution in [0.3, 0.4) is 0 Å². The van der Waals surface area contributed by atoms with Gasteiger partial charge in [-0.05, 0) is 19.1 Å². The number of benzene rings is 1. The standard InChI is InChI=1S/C12H13NO/c1-3-9-12(2,10-13)14-11-7-5-4-6-8-11/h3-8H,1,9H2,2H3. The summed E-state index contributed by atoms with van der Waals surface area (Å²) in [4.78, 5) is 0. The number of para-hydroxylation sites is 1. The summed E-state index contributed by atoms with van der Waals surface area (Å²) in [7, 11) is 0. The minimum atomic E-state index is -0.816. The van der Waals surface area contributed by atoms with E-state index in [1.165, 1.54) is 0 Å². The van der Waals surface area contributed by atoms with E-state index in [1.54, 1.807) is 13.0 Å². The van der Waals surface area contributed by atoms with Gasteiger partial charge < -0.3 is 4.74 Å². The van der Waals surface area contributed by atoms with E-state index in [2.05, 4.69) is 12.6 Å². The van der Waals surface area contributed by atoms with Crippen molar-refractivity contribution in [1.29, 1.82) is 5.26 Å². The topological polar surface area (TPSA) is 33.0 Å². The molecule has 2 heteroatoms. The van der Waals surface area contributed by atoms with Crippen LogP contribution < -0.4 is 4.74 Å². The first-order valence-corrected chi connectivity index (χ1v) is 4.46. The Morgan fingerprint density at radius 1 is 1.50 bits per heavy atom. The number of nitriles is 1. The molecule has 0 heterocycles. The third-order valence-electron chi connectivity index (χ3n) is 1.86. The molecule has 0 aliphatic carbocycles. The van der Waals surface area contributed by atoms with Crippen LogP contribution >= 0.6 is 0 Å². The van der Waals surface area contributed by atoms with Gasteiger partial charge in [-0.25, -0.2) is 0 Å². The highest BCUT2D eigenvalue weighted by Crippen LogP contribution is 2.20. The van der Waals surface area contributed by atoms with Gasteiger partial charge in [-0.2, -0.15) is 5.26 Å². The van der Waals surface area contributed by atoms with Crippen LogP contribution in [0, 0.1) is 11.3 Å². The first-order valence-electron chi connectivity index (χ1n) is 4.46. The Kier molecular flexibility index (Phi) is 3.30. The van der Waals surface area contributed by atoms with E-state index in [4.69, 9.17) is 10.00 Å². The molecule has 1 unspecified atom stereocenters. The lowest BCUT2D eigenvalue weighted by atomic mass is 10.0. The van der Waals surface area contributed by atoms with Crippen molar-refractivity contribution in [2.75, 3.05) is 0 Å². The molecule has 0 saturated heterocycles. The van der Waals surface area contributed by atoms with E-state index in [1.807, 2.05) is 30.3 Å². The molecule has 0 aliphatic rings. The van der Waals surface area contributed by atoms with Crippen LogP contribution in [0.2, 0.25) is 0 Å². The summed E-state index contributed by atoms with van der Waals surface area (Å²) in [5.41, 5.74) is -0.816. The zero-order valence-electron chi connectivity index (χ0n) is 8.23. The molecular weight excluding hydrogens is 174 g/mol. The molecule has 0 aliphatic heterocycles. The Bertz CT molecular complexity index is 339. The summed E-state index contributed by atoms with van der Waals surface area (Å²) in [5, 5.41) is 8.95. The first-order chi connectivity index (χ1) is 6.70. The smallest absolute Gasteiger partial charge is 0.194 e. The van der Waals surface area contributed by atoms with E-state index >= 15 is 0 Å². The second-order valence-corrected chi connectivity index (χ2v) is 3.25. The van der Waals surface area contributed by atoms with Gasteiger partial charge in [0.15, 0.2) is 5.60 Å². The lowest BCUT2D eigenvalue weighted by Crippen LogP contribution is -2.29. The van der Waals surface area contributed by atoms with Gasteiger partial charge in [-0.1, -0.05) is 24.3 Å². The molecule has 0 aromatic heterocycles. The highest BCUT2D eigenvalue weighted by Gasteiger charge is 2.23. The van der Waals surface area contributed by atoms with Crippen molar-refractivity contribution in [1.82, 2.24) is 0 Å². The van der Waals surface area contributed by atoms with Gasteiger partial charge in [0, 0.05) is 6.42 Å². The monoisotopic (exact) mass is 187 g/mol. The van der Waals surface area contributed by atoms with Crippen molar-refractivity contribution in [3.8, 4) is 11.8 Å². The molecule has 0 N–H and O–H groups in total. The molecule has 1 aromatic carbocycles. The van der Waals surface area contributed by atoms with Gasteiger partial charge >= 0.3 is 0 Å². The first kappa shape index (κ1) is 10.3. The van der Waals surface area contributed by atoms with E-state index in [0.717, 1.165) is 0 Å². The molecule has 1 atom stereocenters. The van der Waals surface area contributed by atoms with E-state index < -0.39 is 5.60 Å². The van der Waals surface area contributed by atoms with E-state index in [0.29, 0.717) is 12.2 Å². The van der Waals surface area contributed by atoms with Crippen LogP contribution in [0.1, 0.15) is 13.3 Å². The Morgan fingerprint density at radius 3 is 2.64 bits per heavy atom. The molecule has 0 bridgehead atoms. The average Bonchev–Trinajstić information content (AvgIpc) is 2.20. The van der Waals surface area contributed by atoms with Crippen LogP contribution in [-0.2, 0) is 0 Å². The molecule has 1 aromatic rings. The highest BCUT2D eigenvalue weighted by atomic mass is 16.5. The number of nitrogens with zero attached hydrogens (tertiary/aromatic N) is 1. The second kappa shape index (κ2) is 4.48. The molecule has 0 fully saturated rings. The Labute approximate surface area is 84.4 Å². The molecule has 0 amide bonds. The molecule has 0 radical (unpaired) electrons. The van der Waals surface area contributed by atoms with Crippen molar-refractivity contribution >= 4 is 0 Å². The Hall–Kier alpha value is -1.75. The number of hydrogen-bond acceptors (Lipinski definition) is 2. The third kappa shape index (κ3) is 2.63. The van der Waals surface area contributed by atoms with E-state index in [9.17, 15) is 0 Å². The van der Waals surface area contributed by atoms with Crippen molar-refractivity contribution in [2.45, 2.75) is 18.9 Å². The fourth-order valence-corrected chi connectivity index (χ4v) is 1.13. The minimum Gasteiger partial charge on any atom is -0.472 e. The number of rotatable bonds is 4. The maximum absolute atomic E-state index is 8.95. The molecule has 2 nitrogen and oxygen atoms in total. The summed E-state index contributed by atoms with van der Waals surface area (Å²) < 4.78 is 5.56. The maximum Gasteiger partial charge on any atom is 0.194 e. The third-order valence-corrected chi connectivity index (χ3v) is 1.86. The normalized spacial score (nSPS) is 13.7. The zero-order valence-corrected chi connectivity index (χ0v) is 8.23. The minimum absolute atomic E-state index is 0.512. The van der Waals surface area contributed by atoms with E-state index in [-0.39, 0.29) is 0 Å². The number of hydrogen-bond donors (Lipinski definition) is 0. The molecule has 0 saturated carbocycles. The summed E-state index contributed by atoms with van der Waals surface area (Å²) in [5.74, 6) is 0.707. The van der Waals surface area contributed by atoms with Crippen LogP contribution in [0.15, 0.2) is 43.0 Å². The van der Waals surface area contributed by atoms with Crippen molar-refractivity contribution in [2.24, 2.45) is 0 Å². The van der Waals surface area contributed by atoms with Crippen molar-refractivity contribution in [3.05, 3.63) is 43.0 Å². The Balaban J connectivity index is 2.76. The van der Waals surface area contributed by atoms with Crippen LogP contribution in [0.4, 0.5) is 0 Å². The van der Waals surface area contributed by atoms with Crippen molar-refractivity contribution in [3.63, 3.8) is 0 Å². The zero-order chi connectivity index (χ0) is 10.4. The summed E-state index contributed by atoms with van der Waals surface area (Å²) in [6, 6.07) is 11.5. The van der Waals surface area contributed by atoms with Gasteiger partial charge in [0.25, 0.3) is 0 Å². The SMILES string of the molecule is C=CCC(C)(C#N)Oc1ccccc1. The molecule has 1 rings (SSSR count). The fourth-order valence-electron chi connectivity index (χ4n) is 1.13. The van der Waals surface area contributed by atoms with Crippen LogP contribution in [-0.4, -0.2) is 5.60 Å². The van der Waals surface area contributed by atoms with Gasteiger partial charge in [0.05, 0.1) is 0 Å². The average molecular weight is 187 g/mol. The van der Waals surface area contributed by atoms with Gasteiger partial charge in [0.1, 0.15) is 11.8 Å². The lowest BCUT2D eigenvalue weighted by molar-refractivity contribution is 0.152. The lowest BCUT2D eigenvalue weighted by Gasteiger charge is -2.21. The van der Waals surface area contributed by atoms with Gasteiger partial charge in [0.2, 0.25) is 0 Å². The Morgan fingerprint density at radius 2 is 2.14 bits per heavy atom. The predicted molar refractivity (Wildman–Crippen MR) is 55.9 cm³/mol. The molecule has 0 spiro atoms. The predicted octanol–water partition coefficient (Wildman–Crippen LogP) is 2.92. The summed E-state index contributed by atoms with van der Waals surface area (Å²) in [6.45, 7) is 5.36. The maximum atomic E-state index is 8.95.